The van der Waals surface area contributed by atoms with Crippen molar-refractivity contribution in [1.29, 1.82) is 0 Å². The molecular weight excluding hydrogens is 352 g/mol. The fraction of sp³-hybridized carbons (Fsp3) is 0.444. The first-order chi connectivity index (χ1) is 12.6. The van der Waals surface area contributed by atoms with Gasteiger partial charge in [-0.25, -0.2) is 4.98 Å². The van der Waals surface area contributed by atoms with Crippen LogP contribution in [0.15, 0.2) is 22.5 Å². The van der Waals surface area contributed by atoms with Gasteiger partial charge in [-0.1, -0.05) is 6.92 Å². The van der Waals surface area contributed by atoms with Crippen molar-refractivity contribution in [2.45, 2.75) is 26.4 Å². The Bertz CT molecular complexity index is 721. The van der Waals surface area contributed by atoms with E-state index in [1.807, 2.05) is 12.1 Å². The lowest BCUT2D eigenvalue weighted by atomic mass is 10.2. The molecule has 0 aliphatic carbocycles. The van der Waals surface area contributed by atoms with Crippen molar-refractivity contribution in [2.75, 3.05) is 28.4 Å². The first-order valence-electron chi connectivity index (χ1n) is 8.31. The maximum absolute atomic E-state index is 5.39. The molecule has 0 saturated carbocycles. The number of ether oxygens (including phenoxy) is 3. The van der Waals surface area contributed by atoms with E-state index in [1.165, 1.54) is 0 Å². The van der Waals surface area contributed by atoms with E-state index in [2.05, 4.69) is 32.9 Å². The Hall–Kier alpha value is -2.48. The third-order valence-electron chi connectivity index (χ3n) is 3.75. The third-order valence-corrected chi connectivity index (χ3v) is 4.79. The Balaban J connectivity index is 1.99. The van der Waals surface area contributed by atoms with E-state index in [0.29, 0.717) is 36.3 Å². The van der Waals surface area contributed by atoms with Gasteiger partial charge in [0.15, 0.2) is 17.5 Å². The highest BCUT2D eigenvalue weighted by Crippen LogP contribution is 2.38. The Morgan fingerprint density at radius 1 is 1.08 bits per heavy atom. The van der Waals surface area contributed by atoms with Gasteiger partial charge in [0.2, 0.25) is 5.75 Å². The van der Waals surface area contributed by atoms with Gasteiger partial charge >= 0.3 is 0 Å². The van der Waals surface area contributed by atoms with Gasteiger partial charge in [0.1, 0.15) is 0 Å². The number of hydrogen-bond donors (Lipinski definition) is 2. The van der Waals surface area contributed by atoms with Crippen LogP contribution in [-0.2, 0) is 19.5 Å². The van der Waals surface area contributed by atoms with Crippen molar-refractivity contribution in [3.63, 3.8) is 0 Å². The molecule has 7 nitrogen and oxygen atoms in total. The molecule has 1 heterocycles. The fourth-order valence-corrected chi connectivity index (χ4v) is 3.16. The molecule has 0 radical (unpaired) electrons. The Morgan fingerprint density at radius 3 is 2.23 bits per heavy atom. The highest BCUT2D eigenvalue weighted by Gasteiger charge is 2.13. The highest BCUT2D eigenvalue weighted by molar-refractivity contribution is 7.09. The molecule has 0 aliphatic rings. The molecule has 0 unspecified atom stereocenters. The van der Waals surface area contributed by atoms with E-state index in [0.717, 1.165) is 22.7 Å². The van der Waals surface area contributed by atoms with Crippen LogP contribution in [0.5, 0.6) is 17.2 Å². The van der Waals surface area contributed by atoms with Gasteiger partial charge in [-0.15, -0.1) is 11.3 Å². The second-order valence-corrected chi connectivity index (χ2v) is 6.34. The summed E-state index contributed by atoms with van der Waals surface area (Å²) in [6, 6.07) is 3.82. The SMILES string of the molecule is CCc1nc(CNC(=NC)NCc2cc(OC)c(OC)c(OC)c2)cs1. The van der Waals surface area contributed by atoms with Crippen molar-refractivity contribution in [1.82, 2.24) is 15.6 Å². The summed E-state index contributed by atoms with van der Waals surface area (Å²) in [5, 5.41) is 9.76. The van der Waals surface area contributed by atoms with Crippen molar-refractivity contribution in [3.05, 3.63) is 33.8 Å². The van der Waals surface area contributed by atoms with E-state index in [-0.39, 0.29) is 0 Å². The van der Waals surface area contributed by atoms with E-state index in [9.17, 15) is 0 Å². The van der Waals surface area contributed by atoms with E-state index in [4.69, 9.17) is 14.2 Å². The lowest BCUT2D eigenvalue weighted by Gasteiger charge is -2.15. The number of guanidine groups is 1. The summed E-state index contributed by atoms with van der Waals surface area (Å²) in [6.07, 6.45) is 0.957. The first-order valence-corrected chi connectivity index (χ1v) is 9.19. The van der Waals surface area contributed by atoms with Crippen LogP contribution in [-0.4, -0.2) is 39.3 Å². The molecule has 0 atom stereocenters. The Kier molecular flexibility index (Phi) is 7.53. The molecule has 0 aliphatic heterocycles. The number of rotatable bonds is 8. The Morgan fingerprint density at radius 2 is 1.73 bits per heavy atom. The minimum absolute atomic E-state index is 0.563. The van der Waals surface area contributed by atoms with Gasteiger partial charge in [0.05, 0.1) is 38.6 Å². The molecule has 0 bridgehead atoms. The minimum atomic E-state index is 0.563. The Labute approximate surface area is 158 Å². The van der Waals surface area contributed by atoms with Gasteiger partial charge in [-0.2, -0.15) is 0 Å². The van der Waals surface area contributed by atoms with Crippen LogP contribution >= 0.6 is 11.3 Å². The predicted molar refractivity (Wildman–Crippen MR) is 105 cm³/mol. The van der Waals surface area contributed by atoms with Crippen LogP contribution in [0.4, 0.5) is 0 Å². The molecule has 2 N–H and O–H groups in total. The first kappa shape index (κ1) is 19.8. The van der Waals surface area contributed by atoms with Crippen molar-refractivity contribution in [2.24, 2.45) is 4.99 Å². The zero-order valence-electron chi connectivity index (χ0n) is 15.9. The maximum Gasteiger partial charge on any atom is 0.203 e. The van der Waals surface area contributed by atoms with Gasteiger partial charge < -0.3 is 24.8 Å². The van der Waals surface area contributed by atoms with Crippen LogP contribution in [0.2, 0.25) is 0 Å². The van der Waals surface area contributed by atoms with Crippen LogP contribution < -0.4 is 24.8 Å². The zero-order chi connectivity index (χ0) is 18.9. The molecule has 8 heteroatoms. The molecule has 1 aromatic carbocycles. The van der Waals surface area contributed by atoms with Crippen LogP contribution in [0.3, 0.4) is 0 Å². The van der Waals surface area contributed by atoms with Gasteiger partial charge in [-0.3, -0.25) is 4.99 Å². The average Bonchev–Trinajstić information content (AvgIpc) is 3.15. The van der Waals surface area contributed by atoms with Crippen molar-refractivity contribution >= 4 is 17.3 Å². The molecule has 0 amide bonds. The second kappa shape index (κ2) is 9.86. The molecule has 142 valence electrons. The molecule has 2 rings (SSSR count). The minimum Gasteiger partial charge on any atom is -0.493 e. The summed E-state index contributed by atoms with van der Waals surface area (Å²) in [7, 11) is 6.54. The number of aliphatic imine (C=N–C) groups is 1. The second-order valence-electron chi connectivity index (χ2n) is 5.40. The normalized spacial score (nSPS) is 11.2. The number of aryl methyl sites for hydroxylation is 1. The van der Waals surface area contributed by atoms with Crippen molar-refractivity contribution < 1.29 is 14.2 Å². The molecule has 0 fully saturated rings. The van der Waals surface area contributed by atoms with E-state index >= 15 is 0 Å². The highest BCUT2D eigenvalue weighted by atomic mass is 32.1. The quantitative estimate of drug-likeness (QED) is 0.543. The lowest BCUT2D eigenvalue weighted by molar-refractivity contribution is 0.323. The number of benzene rings is 1. The maximum atomic E-state index is 5.39. The summed E-state index contributed by atoms with van der Waals surface area (Å²) in [6.45, 7) is 3.30. The molecule has 26 heavy (non-hydrogen) atoms. The summed E-state index contributed by atoms with van der Waals surface area (Å²) in [4.78, 5) is 8.79. The molecule has 0 spiro atoms. The smallest absolute Gasteiger partial charge is 0.203 e. The fourth-order valence-electron chi connectivity index (χ4n) is 2.41. The van der Waals surface area contributed by atoms with Crippen molar-refractivity contribution in [3.8, 4) is 17.2 Å². The topological polar surface area (TPSA) is 77.0 Å². The van der Waals surface area contributed by atoms with Crippen LogP contribution in [0, 0.1) is 0 Å². The summed E-state index contributed by atoms with van der Waals surface area (Å²) < 4.78 is 16.1. The van der Waals surface area contributed by atoms with E-state index < -0.39 is 0 Å². The summed E-state index contributed by atoms with van der Waals surface area (Å²) in [5.41, 5.74) is 2.01. The summed E-state index contributed by atoms with van der Waals surface area (Å²) >= 11 is 1.68. The molecule has 0 saturated heterocycles. The number of hydrogen-bond acceptors (Lipinski definition) is 6. The van der Waals surface area contributed by atoms with Gasteiger partial charge in [0.25, 0.3) is 0 Å². The number of aromatic nitrogens is 1. The largest absolute Gasteiger partial charge is 0.493 e. The standard InChI is InChI=1S/C18H26N4O3S/c1-6-16-22-13(11-26-16)10-21-18(19-2)20-9-12-7-14(23-3)17(25-5)15(8-12)24-4/h7-8,11H,6,9-10H2,1-5H3,(H2,19,20,21). The zero-order valence-corrected chi connectivity index (χ0v) is 16.7. The molecule has 2 aromatic rings. The van der Waals surface area contributed by atoms with Gasteiger partial charge in [0, 0.05) is 19.0 Å². The molecule has 1 aromatic heterocycles. The average molecular weight is 378 g/mol. The third kappa shape index (κ3) is 5.01. The summed E-state index contributed by atoms with van der Waals surface area (Å²) in [5.74, 6) is 2.53. The number of nitrogens with zero attached hydrogens (tertiary/aromatic N) is 2. The lowest BCUT2D eigenvalue weighted by Crippen LogP contribution is -2.36. The van der Waals surface area contributed by atoms with E-state index in [1.54, 1.807) is 39.7 Å². The van der Waals surface area contributed by atoms with Gasteiger partial charge in [-0.05, 0) is 24.1 Å². The number of nitrogens with one attached hydrogen (secondary N) is 2. The number of thiazole rings is 1. The van der Waals surface area contributed by atoms with Crippen LogP contribution in [0.1, 0.15) is 23.2 Å². The monoisotopic (exact) mass is 378 g/mol. The number of methoxy groups -OCH3 is 3. The van der Waals surface area contributed by atoms with Crippen LogP contribution in [0.25, 0.3) is 0 Å². The molecular formula is C18H26N4O3S. The predicted octanol–water partition coefficient (Wildman–Crippen LogP) is 2.60.